The summed E-state index contributed by atoms with van der Waals surface area (Å²) in [6, 6.07) is 7.01. The van der Waals surface area contributed by atoms with E-state index < -0.39 is 17.3 Å². The highest BCUT2D eigenvalue weighted by atomic mass is 35.5. The molecule has 7 heteroatoms. The minimum Gasteiger partial charge on any atom is -0.481 e. The average molecular weight is 335 g/mol. The number of aromatic nitrogens is 1. The van der Waals surface area contributed by atoms with E-state index >= 15 is 0 Å². The van der Waals surface area contributed by atoms with Crippen LogP contribution in [0.2, 0.25) is 5.02 Å². The standard InChI is InChI=1S/C16H15ClN2O4/c1-9-12(14(20)18-8-16(6-7-16)15(21)22)13(19-23-9)10-4-2-3-5-11(10)17/h2-5H,6-8H2,1H3,(H,18,20)(H,21,22). The molecule has 120 valence electrons. The molecule has 1 heterocycles. The summed E-state index contributed by atoms with van der Waals surface area (Å²) in [4.78, 5) is 23.7. The maximum Gasteiger partial charge on any atom is 0.311 e. The molecule has 3 rings (SSSR count). The number of hydrogen-bond donors (Lipinski definition) is 2. The topological polar surface area (TPSA) is 92.4 Å². The summed E-state index contributed by atoms with van der Waals surface area (Å²) < 4.78 is 5.14. The SMILES string of the molecule is Cc1onc(-c2ccccc2Cl)c1C(=O)NCC1(C(=O)O)CC1. The van der Waals surface area contributed by atoms with E-state index in [-0.39, 0.29) is 12.1 Å². The molecule has 1 amide bonds. The normalized spacial score (nSPS) is 15.2. The van der Waals surface area contributed by atoms with Crippen molar-refractivity contribution in [3.8, 4) is 11.3 Å². The molecule has 0 atom stereocenters. The quantitative estimate of drug-likeness (QED) is 0.877. The van der Waals surface area contributed by atoms with Gasteiger partial charge in [0.2, 0.25) is 0 Å². The first kappa shape index (κ1) is 15.6. The van der Waals surface area contributed by atoms with E-state index in [4.69, 9.17) is 16.1 Å². The van der Waals surface area contributed by atoms with Crippen molar-refractivity contribution in [2.75, 3.05) is 6.54 Å². The van der Waals surface area contributed by atoms with Crippen LogP contribution in [0.15, 0.2) is 28.8 Å². The first-order chi connectivity index (χ1) is 10.9. The van der Waals surface area contributed by atoms with Crippen LogP contribution < -0.4 is 5.32 Å². The van der Waals surface area contributed by atoms with Gasteiger partial charge in [-0.3, -0.25) is 9.59 Å². The largest absolute Gasteiger partial charge is 0.481 e. The van der Waals surface area contributed by atoms with Crippen molar-refractivity contribution >= 4 is 23.5 Å². The van der Waals surface area contributed by atoms with Gasteiger partial charge in [-0.15, -0.1) is 0 Å². The fourth-order valence-electron chi connectivity index (χ4n) is 2.43. The van der Waals surface area contributed by atoms with Crippen LogP contribution in [0.4, 0.5) is 0 Å². The molecular formula is C16H15ClN2O4. The lowest BCUT2D eigenvalue weighted by Crippen LogP contribution is -2.34. The minimum atomic E-state index is -0.883. The molecule has 0 spiro atoms. The van der Waals surface area contributed by atoms with Gasteiger partial charge in [0, 0.05) is 12.1 Å². The van der Waals surface area contributed by atoms with Gasteiger partial charge in [-0.05, 0) is 25.8 Å². The van der Waals surface area contributed by atoms with Crippen molar-refractivity contribution in [2.24, 2.45) is 5.41 Å². The lowest BCUT2D eigenvalue weighted by molar-refractivity contribution is -0.143. The lowest BCUT2D eigenvalue weighted by atomic mass is 10.0. The number of amides is 1. The van der Waals surface area contributed by atoms with Gasteiger partial charge in [-0.2, -0.15) is 0 Å². The van der Waals surface area contributed by atoms with E-state index in [1.807, 2.05) is 0 Å². The third-order valence-electron chi connectivity index (χ3n) is 4.11. The van der Waals surface area contributed by atoms with Crippen LogP contribution in [0.3, 0.4) is 0 Å². The Morgan fingerprint density at radius 2 is 2.09 bits per heavy atom. The van der Waals surface area contributed by atoms with Gasteiger partial charge in [0.15, 0.2) is 0 Å². The van der Waals surface area contributed by atoms with E-state index in [0.717, 1.165) is 0 Å². The van der Waals surface area contributed by atoms with E-state index in [0.29, 0.717) is 34.9 Å². The Morgan fingerprint density at radius 3 is 2.70 bits per heavy atom. The summed E-state index contributed by atoms with van der Waals surface area (Å²) in [7, 11) is 0. The summed E-state index contributed by atoms with van der Waals surface area (Å²) in [6.07, 6.45) is 1.14. The molecule has 23 heavy (non-hydrogen) atoms. The molecule has 1 saturated carbocycles. The molecule has 0 unspecified atom stereocenters. The molecule has 1 aromatic carbocycles. The fraction of sp³-hybridized carbons (Fsp3) is 0.312. The average Bonchev–Trinajstić information content (AvgIpc) is 3.23. The van der Waals surface area contributed by atoms with Crippen molar-refractivity contribution in [3.63, 3.8) is 0 Å². The molecule has 0 aliphatic heterocycles. The van der Waals surface area contributed by atoms with Crippen LogP contribution in [0, 0.1) is 12.3 Å². The molecular weight excluding hydrogens is 320 g/mol. The van der Waals surface area contributed by atoms with Crippen LogP contribution >= 0.6 is 11.6 Å². The highest BCUT2D eigenvalue weighted by Crippen LogP contribution is 2.45. The number of carbonyl (C=O) groups excluding carboxylic acids is 1. The molecule has 1 aliphatic rings. The highest BCUT2D eigenvalue weighted by molar-refractivity contribution is 6.33. The van der Waals surface area contributed by atoms with Crippen LogP contribution in [0.5, 0.6) is 0 Å². The Labute approximate surface area is 137 Å². The van der Waals surface area contributed by atoms with Crippen molar-refractivity contribution in [3.05, 3.63) is 40.6 Å². The van der Waals surface area contributed by atoms with E-state index in [9.17, 15) is 14.7 Å². The number of rotatable bonds is 5. The molecule has 0 bridgehead atoms. The van der Waals surface area contributed by atoms with Crippen molar-refractivity contribution in [1.29, 1.82) is 0 Å². The summed E-state index contributed by atoms with van der Waals surface area (Å²) in [6.45, 7) is 1.72. The third kappa shape index (κ3) is 2.82. The van der Waals surface area contributed by atoms with Crippen LogP contribution in [-0.4, -0.2) is 28.7 Å². The molecule has 1 aromatic heterocycles. The van der Waals surface area contributed by atoms with Crippen molar-refractivity contribution in [2.45, 2.75) is 19.8 Å². The second-order valence-electron chi connectivity index (χ2n) is 5.71. The number of carboxylic acids is 1. The lowest BCUT2D eigenvalue weighted by Gasteiger charge is -2.11. The number of nitrogens with zero attached hydrogens (tertiary/aromatic N) is 1. The number of aliphatic carboxylic acids is 1. The predicted octanol–water partition coefficient (Wildman–Crippen LogP) is 2.90. The highest BCUT2D eigenvalue weighted by Gasteiger charge is 2.50. The molecule has 1 aliphatic carbocycles. The molecule has 6 nitrogen and oxygen atoms in total. The van der Waals surface area contributed by atoms with E-state index in [1.54, 1.807) is 31.2 Å². The van der Waals surface area contributed by atoms with E-state index in [2.05, 4.69) is 10.5 Å². The first-order valence-electron chi connectivity index (χ1n) is 7.17. The summed E-state index contributed by atoms with van der Waals surface area (Å²) >= 11 is 6.15. The maximum atomic E-state index is 12.5. The van der Waals surface area contributed by atoms with E-state index in [1.165, 1.54) is 0 Å². The van der Waals surface area contributed by atoms with Gasteiger partial charge in [0.25, 0.3) is 5.91 Å². The summed E-state index contributed by atoms with van der Waals surface area (Å²) in [5.41, 5.74) is 0.395. The molecule has 2 N–H and O–H groups in total. The Bertz CT molecular complexity index is 780. The van der Waals surface area contributed by atoms with Gasteiger partial charge in [-0.1, -0.05) is 35.0 Å². The number of benzene rings is 1. The van der Waals surface area contributed by atoms with Gasteiger partial charge < -0.3 is 14.9 Å². The molecule has 0 saturated heterocycles. The number of carbonyl (C=O) groups is 2. The van der Waals surface area contributed by atoms with Crippen LogP contribution in [0.1, 0.15) is 29.0 Å². The third-order valence-corrected chi connectivity index (χ3v) is 4.44. The number of hydrogen-bond acceptors (Lipinski definition) is 4. The Hall–Kier alpha value is -2.34. The summed E-state index contributed by atoms with van der Waals surface area (Å²) in [5.74, 6) is -0.935. The zero-order valence-corrected chi connectivity index (χ0v) is 13.2. The Balaban J connectivity index is 1.86. The number of nitrogens with one attached hydrogen (secondary N) is 1. The predicted molar refractivity (Wildman–Crippen MR) is 83.3 cm³/mol. The monoisotopic (exact) mass is 334 g/mol. The fourth-order valence-corrected chi connectivity index (χ4v) is 2.66. The van der Waals surface area contributed by atoms with Gasteiger partial charge in [0.05, 0.1) is 10.4 Å². The van der Waals surface area contributed by atoms with Crippen LogP contribution in [0.25, 0.3) is 11.3 Å². The zero-order valence-electron chi connectivity index (χ0n) is 12.4. The number of aryl methyl sites for hydroxylation is 1. The van der Waals surface area contributed by atoms with Gasteiger partial charge in [0.1, 0.15) is 17.0 Å². The minimum absolute atomic E-state index is 0.0910. The number of halogens is 1. The Morgan fingerprint density at radius 1 is 1.39 bits per heavy atom. The molecule has 0 radical (unpaired) electrons. The first-order valence-corrected chi connectivity index (χ1v) is 7.55. The zero-order chi connectivity index (χ0) is 16.6. The van der Waals surface area contributed by atoms with Crippen molar-refractivity contribution in [1.82, 2.24) is 10.5 Å². The van der Waals surface area contributed by atoms with Crippen LogP contribution in [-0.2, 0) is 4.79 Å². The maximum absolute atomic E-state index is 12.5. The molecule has 2 aromatic rings. The number of carboxylic acid groups (broad SMARTS) is 1. The Kier molecular flexibility index (Phi) is 3.85. The molecule has 1 fully saturated rings. The van der Waals surface area contributed by atoms with Crippen molar-refractivity contribution < 1.29 is 19.2 Å². The van der Waals surface area contributed by atoms with Gasteiger partial charge in [-0.25, -0.2) is 0 Å². The summed E-state index contributed by atoms with van der Waals surface area (Å²) in [5, 5.41) is 16.2. The second-order valence-corrected chi connectivity index (χ2v) is 6.12. The smallest absolute Gasteiger partial charge is 0.311 e. The second kappa shape index (κ2) is 5.70. The van der Waals surface area contributed by atoms with Gasteiger partial charge >= 0.3 is 5.97 Å².